The molecule has 6 heteroatoms. The quantitative estimate of drug-likeness (QED) is 0.884. The van der Waals surface area contributed by atoms with Gasteiger partial charge in [0.15, 0.2) is 0 Å². The average Bonchev–Trinajstić information content (AvgIpc) is 2.45. The molecule has 0 saturated carbocycles. The van der Waals surface area contributed by atoms with Crippen LogP contribution in [0.3, 0.4) is 0 Å². The van der Waals surface area contributed by atoms with Crippen LogP contribution in [0.4, 0.5) is 4.79 Å². The molecule has 5 nitrogen and oxygen atoms in total. The predicted molar refractivity (Wildman–Crippen MR) is 87.8 cm³/mol. The zero-order chi connectivity index (χ0) is 17.3. The van der Waals surface area contributed by atoms with Crippen molar-refractivity contribution in [3.05, 3.63) is 34.3 Å². The summed E-state index contributed by atoms with van der Waals surface area (Å²) < 4.78 is 5.16. The van der Waals surface area contributed by atoms with Crippen LogP contribution in [0.1, 0.15) is 38.3 Å². The van der Waals surface area contributed by atoms with Crippen molar-refractivity contribution in [2.45, 2.75) is 45.6 Å². The van der Waals surface area contributed by atoms with Gasteiger partial charge in [-0.15, -0.1) is 0 Å². The minimum Gasteiger partial charge on any atom is -0.479 e. The summed E-state index contributed by atoms with van der Waals surface area (Å²) in [5.74, 6) is -1.07. The maximum absolute atomic E-state index is 12.0. The molecular weight excluding hydrogens is 318 g/mol. The zero-order valence-electron chi connectivity index (χ0n) is 13.6. The zero-order valence-corrected chi connectivity index (χ0v) is 14.4. The van der Waals surface area contributed by atoms with Gasteiger partial charge in [0, 0.05) is 11.4 Å². The number of halogens is 1. The Labute approximate surface area is 141 Å². The van der Waals surface area contributed by atoms with Crippen LogP contribution in [0.25, 0.3) is 0 Å². The third-order valence-electron chi connectivity index (χ3n) is 3.90. The minimum atomic E-state index is -1.38. The van der Waals surface area contributed by atoms with E-state index in [1.165, 1.54) is 0 Å². The van der Waals surface area contributed by atoms with E-state index in [1.54, 1.807) is 6.07 Å². The van der Waals surface area contributed by atoms with Gasteiger partial charge in [-0.25, -0.2) is 9.59 Å². The number of carboxylic acids is 1. The lowest BCUT2D eigenvalue weighted by Gasteiger charge is -2.35. The van der Waals surface area contributed by atoms with Crippen LogP contribution in [-0.2, 0) is 22.4 Å². The number of rotatable bonds is 3. The van der Waals surface area contributed by atoms with Crippen molar-refractivity contribution in [3.8, 4) is 0 Å². The van der Waals surface area contributed by atoms with Gasteiger partial charge >= 0.3 is 12.1 Å². The fourth-order valence-electron chi connectivity index (χ4n) is 2.63. The Morgan fingerprint density at radius 3 is 2.70 bits per heavy atom. The first-order valence-corrected chi connectivity index (χ1v) is 7.95. The van der Waals surface area contributed by atoms with Gasteiger partial charge in [0.2, 0.25) is 0 Å². The molecule has 1 aliphatic rings. The van der Waals surface area contributed by atoms with Crippen LogP contribution in [0, 0.1) is 5.41 Å². The summed E-state index contributed by atoms with van der Waals surface area (Å²) in [7, 11) is 0. The highest BCUT2D eigenvalue weighted by molar-refractivity contribution is 6.31. The van der Waals surface area contributed by atoms with Crippen LogP contribution in [0.15, 0.2) is 18.2 Å². The maximum Gasteiger partial charge on any atom is 0.408 e. The number of benzene rings is 1. The standard InChI is InChI=1S/C17H22ClNO4/c1-16(2,3)10-23-15(22)19-17(14(20)21)8-7-11-5-4-6-13(18)12(11)9-17/h4-6H,7-10H2,1-3H3,(H,19,22)(H,20,21). The fraction of sp³-hybridized carbons (Fsp3) is 0.529. The van der Waals surface area contributed by atoms with E-state index in [0.717, 1.165) is 11.1 Å². The van der Waals surface area contributed by atoms with Gasteiger partial charge in [0.05, 0.1) is 6.61 Å². The molecular formula is C17H22ClNO4. The first-order valence-electron chi connectivity index (χ1n) is 7.58. The predicted octanol–water partition coefficient (Wildman–Crippen LogP) is 3.42. The summed E-state index contributed by atoms with van der Waals surface area (Å²) in [4.78, 5) is 23.9. The van der Waals surface area contributed by atoms with E-state index >= 15 is 0 Å². The van der Waals surface area contributed by atoms with E-state index in [4.69, 9.17) is 16.3 Å². The Balaban J connectivity index is 2.17. The van der Waals surface area contributed by atoms with Crippen LogP contribution in [0.5, 0.6) is 0 Å². The van der Waals surface area contributed by atoms with E-state index in [9.17, 15) is 14.7 Å². The van der Waals surface area contributed by atoms with Crippen molar-refractivity contribution in [1.82, 2.24) is 5.32 Å². The molecule has 1 amide bonds. The lowest BCUT2D eigenvalue weighted by Crippen LogP contribution is -2.58. The molecule has 0 fully saturated rings. The van der Waals surface area contributed by atoms with Gasteiger partial charge in [0.25, 0.3) is 0 Å². The highest BCUT2D eigenvalue weighted by atomic mass is 35.5. The molecule has 23 heavy (non-hydrogen) atoms. The molecule has 2 rings (SSSR count). The van der Waals surface area contributed by atoms with Gasteiger partial charge in [-0.2, -0.15) is 0 Å². The van der Waals surface area contributed by atoms with E-state index < -0.39 is 17.6 Å². The Bertz CT molecular complexity index is 624. The largest absolute Gasteiger partial charge is 0.479 e. The number of amides is 1. The van der Waals surface area contributed by atoms with Gasteiger partial charge in [0.1, 0.15) is 5.54 Å². The maximum atomic E-state index is 12.0. The number of alkyl carbamates (subject to hydrolysis) is 1. The number of aryl methyl sites for hydroxylation is 1. The second kappa shape index (κ2) is 6.40. The Morgan fingerprint density at radius 2 is 2.09 bits per heavy atom. The van der Waals surface area contributed by atoms with Crippen molar-refractivity contribution in [1.29, 1.82) is 0 Å². The molecule has 0 saturated heterocycles. The van der Waals surface area contributed by atoms with Gasteiger partial charge in [-0.05, 0) is 35.4 Å². The fourth-order valence-corrected chi connectivity index (χ4v) is 2.89. The van der Waals surface area contributed by atoms with Crippen molar-refractivity contribution in [3.63, 3.8) is 0 Å². The Morgan fingerprint density at radius 1 is 1.39 bits per heavy atom. The van der Waals surface area contributed by atoms with E-state index in [-0.39, 0.29) is 18.4 Å². The summed E-state index contributed by atoms with van der Waals surface area (Å²) in [6, 6.07) is 5.51. The highest BCUT2D eigenvalue weighted by Gasteiger charge is 2.44. The molecule has 0 bridgehead atoms. The first-order chi connectivity index (χ1) is 10.6. The molecule has 1 aromatic carbocycles. The summed E-state index contributed by atoms with van der Waals surface area (Å²) in [5, 5.41) is 12.7. The highest BCUT2D eigenvalue weighted by Crippen LogP contribution is 2.33. The van der Waals surface area contributed by atoms with Crippen LogP contribution < -0.4 is 5.32 Å². The van der Waals surface area contributed by atoms with E-state index in [2.05, 4.69) is 5.32 Å². The second-order valence-electron chi connectivity index (χ2n) is 7.20. The number of carboxylic acid groups (broad SMARTS) is 1. The smallest absolute Gasteiger partial charge is 0.408 e. The van der Waals surface area contributed by atoms with Crippen LogP contribution in [-0.4, -0.2) is 29.3 Å². The SMILES string of the molecule is CC(C)(C)COC(=O)NC1(C(=O)O)CCc2cccc(Cl)c2C1. The first kappa shape index (κ1) is 17.6. The summed E-state index contributed by atoms with van der Waals surface area (Å²) >= 11 is 6.19. The van der Waals surface area contributed by atoms with Gasteiger partial charge in [-0.1, -0.05) is 44.5 Å². The lowest BCUT2D eigenvalue weighted by molar-refractivity contribution is -0.145. The third-order valence-corrected chi connectivity index (χ3v) is 4.26. The van der Waals surface area contributed by atoms with Gasteiger partial charge < -0.3 is 15.2 Å². The molecule has 1 unspecified atom stereocenters. The van der Waals surface area contributed by atoms with Crippen molar-refractivity contribution in [2.24, 2.45) is 5.41 Å². The molecule has 1 aliphatic carbocycles. The summed E-state index contributed by atoms with van der Waals surface area (Å²) in [6.07, 6.45) is 0.294. The molecule has 0 heterocycles. The average molecular weight is 340 g/mol. The molecule has 0 spiro atoms. The number of fused-ring (bicyclic) bond motifs is 1. The van der Waals surface area contributed by atoms with E-state index in [0.29, 0.717) is 17.9 Å². The van der Waals surface area contributed by atoms with Crippen molar-refractivity contribution in [2.75, 3.05) is 6.61 Å². The number of carbonyl (C=O) groups is 2. The van der Waals surface area contributed by atoms with Crippen molar-refractivity contribution >= 4 is 23.7 Å². The second-order valence-corrected chi connectivity index (χ2v) is 7.61. The van der Waals surface area contributed by atoms with Crippen LogP contribution >= 0.6 is 11.6 Å². The monoisotopic (exact) mass is 339 g/mol. The molecule has 2 N–H and O–H groups in total. The Kier molecular flexibility index (Phi) is 4.90. The normalized spacial score (nSPS) is 20.5. The van der Waals surface area contributed by atoms with Crippen molar-refractivity contribution < 1.29 is 19.4 Å². The molecule has 1 atom stereocenters. The molecule has 0 radical (unpaired) electrons. The number of hydrogen-bond donors (Lipinski definition) is 2. The molecule has 0 aliphatic heterocycles. The molecule has 126 valence electrons. The van der Waals surface area contributed by atoms with Gasteiger partial charge in [-0.3, -0.25) is 0 Å². The summed E-state index contributed by atoms with van der Waals surface area (Å²) in [5.41, 5.74) is 0.238. The lowest BCUT2D eigenvalue weighted by atomic mass is 9.78. The number of carbonyl (C=O) groups excluding carboxylic acids is 1. The Hall–Kier alpha value is -1.75. The minimum absolute atomic E-state index is 0.155. The third kappa shape index (κ3) is 4.16. The number of aliphatic carboxylic acids is 1. The number of ether oxygens (including phenoxy) is 1. The number of nitrogens with one attached hydrogen (secondary N) is 1. The molecule has 0 aromatic heterocycles. The topological polar surface area (TPSA) is 75.6 Å². The molecule has 1 aromatic rings. The number of hydrogen-bond acceptors (Lipinski definition) is 3. The van der Waals surface area contributed by atoms with Crippen LogP contribution in [0.2, 0.25) is 5.02 Å². The summed E-state index contributed by atoms with van der Waals surface area (Å²) in [6.45, 7) is 6.02. The van der Waals surface area contributed by atoms with E-state index in [1.807, 2.05) is 32.9 Å².